The third kappa shape index (κ3) is 3.80. The Morgan fingerprint density at radius 1 is 1.15 bits per heavy atom. The zero-order valence-electron chi connectivity index (χ0n) is 15.2. The van der Waals surface area contributed by atoms with E-state index in [4.69, 9.17) is 9.47 Å². The molecule has 1 unspecified atom stereocenters. The smallest absolute Gasteiger partial charge is 0.241 e. The molecule has 0 fully saturated rings. The predicted octanol–water partition coefficient (Wildman–Crippen LogP) is 3.23. The normalized spacial score (nSPS) is 15.1. The molecule has 0 saturated heterocycles. The Balaban J connectivity index is 1.72. The van der Waals surface area contributed by atoms with E-state index in [0.29, 0.717) is 18.0 Å². The molecule has 1 atom stereocenters. The van der Waals surface area contributed by atoms with Gasteiger partial charge in [0.25, 0.3) is 0 Å². The minimum absolute atomic E-state index is 0.153. The van der Waals surface area contributed by atoms with Gasteiger partial charge in [-0.1, -0.05) is 6.07 Å². The highest BCUT2D eigenvalue weighted by molar-refractivity contribution is 5.94. The number of halogens is 1. The third-order valence-corrected chi connectivity index (χ3v) is 4.77. The van der Waals surface area contributed by atoms with Crippen LogP contribution in [0.1, 0.15) is 18.1 Å². The molecule has 0 spiro atoms. The topological polar surface area (TPSA) is 50.8 Å². The molecule has 0 bridgehead atoms. The van der Waals surface area contributed by atoms with Crippen LogP contribution in [0.15, 0.2) is 36.4 Å². The lowest BCUT2D eigenvalue weighted by molar-refractivity contribution is -0.121. The highest BCUT2D eigenvalue weighted by atomic mass is 19.1. The molecular formula is C20H23FN2O3. The van der Waals surface area contributed by atoms with E-state index in [1.54, 1.807) is 26.4 Å². The molecule has 5 nitrogen and oxygen atoms in total. The van der Waals surface area contributed by atoms with Crippen molar-refractivity contribution in [2.45, 2.75) is 25.9 Å². The van der Waals surface area contributed by atoms with Crippen LogP contribution in [-0.2, 0) is 17.8 Å². The molecule has 0 saturated carbocycles. The van der Waals surface area contributed by atoms with Gasteiger partial charge in [-0.25, -0.2) is 4.39 Å². The van der Waals surface area contributed by atoms with E-state index in [0.717, 1.165) is 24.3 Å². The summed E-state index contributed by atoms with van der Waals surface area (Å²) in [6.45, 7) is 3.27. The monoisotopic (exact) mass is 358 g/mol. The van der Waals surface area contributed by atoms with E-state index in [1.807, 2.05) is 19.1 Å². The lowest BCUT2D eigenvalue weighted by Crippen LogP contribution is -2.44. The van der Waals surface area contributed by atoms with Crippen molar-refractivity contribution in [1.82, 2.24) is 4.90 Å². The average Bonchev–Trinajstić information content (AvgIpc) is 2.65. The first kappa shape index (κ1) is 18.2. The van der Waals surface area contributed by atoms with Gasteiger partial charge in [0.05, 0.1) is 20.3 Å². The van der Waals surface area contributed by atoms with Crippen LogP contribution in [-0.4, -0.2) is 37.6 Å². The minimum Gasteiger partial charge on any atom is -0.493 e. The molecule has 3 rings (SSSR count). The standard InChI is InChI=1S/C20H23FN2O3/c1-13(20(24)22-17-6-4-5-16(21)11-17)23-8-7-14-9-18(25-2)19(26-3)10-15(14)12-23/h4-6,9-11,13H,7-8,12H2,1-3H3,(H,22,24). The molecule has 0 aliphatic carbocycles. The molecule has 1 aliphatic heterocycles. The number of benzene rings is 2. The Hall–Kier alpha value is -2.60. The maximum atomic E-state index is 13.3. The summed E-state index contributed by atoms with van der Waals surface area (Å²) >= 11 is 0. The van der Waals surface area contributed by atoms with Crippen molar-refractivity contribution in [3.05, 3.63) is 53.3 Å². The lowest BCUT2D eigenvalue weighted by Gasteiger charge is -2.33. The number of methoxy groups -OCH3 is 2. The molecule has 0 aromatic heterocycles. The number of nitrogens with one attached hydrogen (secondary N) is 1. The fourth-order valence-corrected chi connectivity index (χ4v) is 3.21. The molecule has 2 aromatic carbocycles. The van der Waals surface area contributed by atoms with Gasteiger partial charge >= 0.3 is 0 Å². The Labute approximate surface area is 152 Å². The van der Waals surface area contributed by atoms with Crippen molar-refractivity contribution in [1.29, 1.82) is 0 Å². The van der Waals surface area contributed by atoms with E-state index < -0.39 is 0 Å². The summed E-state index contributed by atoms with van der Waals surface area (Å²) in [5, 5.41) is 2.78. The second-order valence-corrected chi connectivity index (χ2v) is 6.37. The van der Waals surface area contributed by atoms with Crippen LogP contribution in [0, 0.1) is 5.82 Å². The van der Waals surface area contributed by atoms with E-state index in [-0.39, 0.29) is 17.8 Å². The quantitative estimate of drug-likeness (QED) is 0.892. The number of amides is 1. The number of carbonyl (C=O) groups excluding carboxylic acids is 1. The molecule has 138 valence electrons. The van der Waals surface area contributed by atoms with Gasteiger partial charge in [0.15, 0.2) is 11.5 Å². The van der Waals surface area contributed by atoms with E-state index in [2.05, 4.69) is 10.2 Å². The van der Waals surface area contributed by atoms with Crippen LogP contribution in [0.25, 0.3) is 0 Å². The molecule has 1 aliphatic rings. The zero-order chi connectivity index (χ0) is 18.7. The van der Waals surface area contributed by atoms with Crippen molar-refractivity contribution in [2.75, 3.05) is 26.1 Å². The first-order chi connectivity index (χ1) is 12.5. The van der Waals surface area contributed by atoms with Gasteiger partial charge in [0.1, 0.15) is 5.82 Å². The van der Waals surface area contributed by atoms with Gasteiger partial charge < -0.3 is 14.8 Å². The number of carbonyl (C=O) groups is 1. The average molecular weight is 358 g/mol. The molecule has 1 N–H and O–H groups in total. The number of hydrogen-bond acceptors (Lipinski definition) is 4. The summed E-state index contributed by atoms with van der Waals surface area (Å²) in [4.78, 5) is 14.6. The fourth-order valence-electron chi connectivity index (χ4n) is 3.21. The van der Waals surface area contributed by atoms with Crippen molar-refractivity contribution >= 4 is 11.6 Å². The molecule has 6 heteroatoms. The largest absolute Gasteiger partial charge is 0.493 e. The predicted molar refractivity (Wildman–Crippen MR) is 98.2 cm³/mol. The van der Waals surface area contributed by atoms with Crippen molar-refractivity contribution in [3.8, 4) is 11.5 Å². The maximum absolute atomic E-state index is 13.3. The summed E-state index contributed by atoms with van der Waals surface area (Å²) < 4.78 is 24.0. The van der Waals surface area contributed by atoms with Crippen LogP contribution >= 0.6 is 0 Å². The number of ether oxygens (including phenoxy) is 2. The van der Waals surface area contributed by atoms with Crippen LogP contribution < -0.4 is 14.8 Å². The minimum atomic E-state index is -0.372. The first-order valence-electron chi connectivity index (χ1n) is 8.56. The Morgan fingerprint density at radius 2 is 1.85 bits per heavy atom. The summed E-state index contributed by atoms with van der Waals surface area (Å²) in [5.74, 6) is 0.879. The van der Waals surface area contributed by atoms with Gasteiger partial charge in [0.2, 0.25) is 5.91 Å². The summed E-state index contributed by atoms with van der Waals surface area (Å²) in [5.41, 5.74) is 2.79. The number of rotatable bonds is 5. The maximum Gasteiger partial charge on any atom is 0.241 e. The summed E-state index contributed by atoms with van der Waals surface area (Å²) in [6.07, 6.45) is 0.827. The van der Waals surface area contributed by atoms with Gasteiger partial charge in [0, 0.05) is 18.8 Å². The van der Waals surface area contributed by atoms with E-state index in [9.17, 15) is 9.18 Å². The first-order valence-corrected chi connectivity index (χ1v) is 8.56. The number of nitrogens with zero attached hydrogens (tertiary/aromatic N) is 1. The summed E-state index contributed by atoms with van der Waals surface area (Å²) in [6, 6.07) is 9.55. The molecule has 0 radical (unpaired) electrons. The van der Waals surface area contributed by atoms with Crippen molar-refractivity contribution < 1.29 is 18.7 Å². The van der Waals surface area contributed by atoms with E-state index in [1.165, 1.54) is 17.7 Å². The lowest BCUT2D eigenvalue weighted by atomic mass is 9.97. The molecule has 1 amide bonds. The molecule has 26 heavy (non-hydrogen) atoms. The molecule has 1 heterocycles. The van der Waals surface area contributed by atoms with Gasteiger partial charge in [-0.15, -0.1) is 0 Å². The highest BCUT2D eigenvalue weighted by Crippen LogP contribution is 2.33. The Kier molecular flexibility index (Phi) is 5.42. The third-order valence-electron chi connectivity index (χ3n) is 4.77. The number of fused-ring (bicyclic) bond motifs is 1. The van der Waals surface area contributed by atoms with Gasteiger partial charge in [-0.2, -0.15) is 0 Å². The zero-order valence-corrected chi connectivity index (χ0v) is 15.2. The fraction of sp³-hybridized carbons (Fsp3) is 0.350. The Bertz CT molecular complexity index is 810. The molecule has 2 aromatic rings. The van der Waals surface area contributed by atoms with Crippen molar-refractivity contribution in [2.24, 2.45) is 0 Å². The van der Waals surface area contributed by atoms with Gasteiger partial charge in [-0.3, -0.25) is 9.69 Å². The molecular weight excluding hydrogens is 335 g/mol. The van der Waals surface area contributed by atoms with Crippen molar-refractivity contribution in [3.63, 3.8) is 0 Å². The Morgan fingerprint density at radius 3 is 2.50 bits per heavy atom. The second-order valence-electron chi connectivity index (χ2n) is 6.37. The van der Waals surface area contributed by atoms with E-state index >= 15 is 0 Å². The highest BCUT2D eigenvalue weighted by Gasteiger charge is 2.26. The van der Waals surface area contributed by atoms with Crippen LogP contribution in [0.4, 0.5) is 10.1 Å². The summed E-state index contributed by atoms with van der Waals surface area (Å²) in [7, 11) is 3.23. The van der Waals surface area contributed by atoms with Gasteiger partial charge in [-0.05, 0) is 54.8 Å². The SMILES string of the molecule is COc1cc2c(cc1OC)CN(C(C)C(=O)Nc1cccc(F)c1)CC2. The number of anilines is 1. The second kappa shape index (κ2) is 7.74. The van der Waals surface area contributed by atoms with Crippen LogP contribution in [0.5, 0.6) is 11.5 Å². The van der Waals surface area contributed by atoms with Crippen LogP contribution in [0.2, 0.25) is 0 Å². The van der Waals surface area contributed by atoms with Crippen LogP contribution in [0.3, 0.4) is 0 Å². The number of hydrogen-bond donors (Lipinski definition) is 1.